The Kier molecular flexibility index (Phi) is 18.8. The lowest BCUT2D eigenvalue weighted by Gasteiger charge is -2.15. The third-order valence-electron chi connectivity index (χ3n) is 23.8. The number of fused-ring (bicyclic) bond motifs is 18. The maximum atomic E-state index is 4.68. The molecule has 18 rings (SSSR count). The van der Waals surface area contributed by atoms with Crippen LogP contribution in [0.25, 0.3) is 66.8 Å². The van der Waals surface area contributed by atoms with Gasteiger partial charge in [0.15, 0.2) is 0 Å². The van der Waals surface area contributed by atoms with Crippen molar-refractivity contribution >= 4 is 0 Å². The molecule has 0 fully saturated rings. The SMILES string of the molecule is Cc1c(C)c(C)c2c(c1C)Cc1ncccc1-2.Cc1cc(C)c2c(c1C)-c1c(C)ccnc1C2.Cc1cc2c(c(C)c1C)-c1c(C)ccnc1C2.Cc1ccc2c(n1)Cc1c(C)cc(C)c(C)c1-2.Cc1ccc2c(n1)Cc1ccc(C)c(C)c1-2.Cc1cnc2c(c1)-c1c(C)c(C)cc(C)c1C2. The van der Waals surface area contributed by atoms with E-state index in [4.69, 9.17) is 0 Å². The summed E-state index contributed by atoms with van der Waals surface area (Å²) in [6, 6.07) is 33.1. The first-order chi connectivity index (χ1) is 48.1. The molecule has 6 aromatic heterocycles. The van der Waals surface area contributed by atoms with Crippen LogP contribution in [0.4, 0.5) is 0 Å². The third-order valence-corrected chi connectivity index (χ3v) is 23.8. The lowest BCUT2D eigenvalue weighted by Crippen LogP contribution is -1.98. The quantitative estimate of drug-likeness (QED) is 0.151. The maximum Gasteiger partial charge on any atom is 0.0529 e. The molecule has 510 valence electrons. The number of pyridine rings is 6. The average molecular weight is 1330 g/mol. The third kappa shape index (κ3) is 12.5. The fourth-order valence-corrected chi connectivity index (χ4v) is 17.1. The second kappa shape index (κ2) is 27.3. The first-order valence-corrected chi connectivity index (χ1v) is 36.4. The van der Waals surface area contributed by atoms with Gasteiger partial charge in [0.25, 0.3) is 0 Å². The number of rotatable bonds is 0. The van der Waals surface area contributed by atoms with Crippen LogP contribution >= 0.6 is 0 Å². The zero-order valence-electron chi connectivity index (χ0n) is 64.4. The second-order valence-corrected chi connectivity index (χ2v) is 30.2. The molecule has 0 amide bonds. The van der Waals surface area contributed by atoms with Gasteiger partial charge in [0, 0.05) is 108 Å². The fourth-order valence-electron chi connectivity index (χ4n) is 17.1. The number of hydrogen-bond acceptors (Lipinski definition) is 6. The highest BCUT2D eigenvalue weighted by atomic mass is 14.7. The Labute approximate surface area is 602 Å². The predicted octanol–water partition coefficient (Wildman–Crippen LogP) is 23.0. The highest BCUT2D eigenvalue weighted by Crippen LogP contribution is 2.47. The molecule has 0 saturated carbocycles. The first kappa shape index (κ1) is 69.7. The molecule has 6 aromatic carbocycles. The van der Waals surface area contributed by atoms with Crippen LogP contribution in [-0.4, -0.2) is 29.9 Å². The lowest BCUT2D eigenvalue weighted by atomic mass is 9.89. The normalized spacial score (nSPS) is 12.5. The standard InChI is InChI=1S/5C16H17N.C15H15N/c1-9-5-14-15(17-8-9)7-13-11(3)6-10(2)12(4)16(13)14;1-9-7-10(2)14-8-15-13(16(14)12(9)4)6-5-11(3)17-15;1-9-5-6-17-14-8-13-7-10(2)11(3)12(4)16(13)15(9)14;1-9-5-6-17-14-8-13-11(3)7-10(2)12(4)16(13)15(9)14;1-9-10(2)12(4)16-13-6-5-7-17-15(13)8-14(16)11(9)3;1-9-4-6-12-8-14-13(15(12)11(9)3)7-5-10(2)16-14/h5-6,8H,7H2,1-4H3;4*5-7H,8H2,1-4H3;4-7H,8H2,1-3H3. The van der Waals surface area contributed by atoms with Gasteiger partial charge in [0.1, 0.15) is 0 Å². The summed E-state index contributed by atoms with van der Waals surface area (Å²) < 4.78 is 0. The molecule has 0 atom stereocenters. The minimum absolute atomic E-state index is 0.994. The van der Waals surface area contributed by atoms with E-state index < -0.39 is 0 Å². The molecule has 0 radical (unpaired) electrons. The molecular formula is C95H100N6. The van der Waals surface area contributed by atoms with Gasteiger partial charge >= 0.3 is 0 Å². The molecule has 101 heavy (non-hydrogen) atoms. The van der Waals surface area contributed by atoms with Crippen molar-refractivity contribution in [3.05, 3.63) is 312 Å². The lowest BCUT2D eigenvalue weighted by molar-refractivity contribution is 1.06. The number of hydrogen-bond donors (Lipinski definition) is 0. The summed E-state index contributed by atoms with van der Waals surface area (Å²) in [6.07, 6.45) is 13.7. The number of aryl methyl sites for hydroxylation is 13. The minimum Gasteiger partial charge on any atom is -0.260 e. The van der Waals surface area contributed by atoms with Gasteiger partial charge in [-0.2, -0.15) is 0 Å². The van der Waals surface area contributed by atoms with Crippen LogP contribution in [0.15, 0.2) is 116 Å². The van der Waals surface area contributed by atoms with Crippen molar-refractivity contribution in [2.45, 2.75) is 198 Å². The molecule has 0 spiro atoms. The van der Waals surface area contributed by atoms with E-state index in [9.17, 15) is 0 Å². The number of aromatic nitrogens is 6. The minimum atomic E-state index is 0.994. The Morgan fingerprint density at radius 3 is 1.27 bits per heavy atom. The van der Waals surface area contributed by atoms with Gasteiger partial charge in [0.2, 0.25) is 0 Å². The topological polar surface area (TPSA) is 77.3 Å². The Bertz CT molecular complexity index is 5440. The number of benzene rings is 6. The summed E-state index contributed by atoms with van der Waals surface area (Å²) in [5.74, 6) is 0. The molecule has 6 heteroatoms. The van der Waals surface area contributed by atoms with Gasteiger partial charge in [-0.15, -0.1) is 0 Å². The smallest absolute Gasteiger partial charge is 0.0529 e. The molecule has 0 aliphatic heterocycles. The largest absolute Gasteiger partial charge is 0.260 e. The average Bonchev–Trinajstić information content (AvgIpc) is 1.87. The van der Waals surface area contributed by atoms with Gasteiger partial charge in [-0.1, -0.05) is 54.6 Å². The van der Waals surface area contributed by atoms with Crippen molar-refractivity contribution in [2.75, 3.05) is 0 Å². The Morgan fingerprint density at radius 2 is 0.653 bits per heavy atom. The van der Waals surface area contributed by atoms with E-state index in [2.05, 4.69) is 274 Å². The van der Waals surface area contributed by atoms with Crippen LogP contribution in [0.3, 0.4) is 0 Å². The van der Waals surface area contributed by atoms with Crippen LogP contribution < -0.4 is 0 Å². The molecule has 0 saturated heterocycles. The van der Waals surface area contributed by atoms with Gasteiger partial charge in [0.05, 0.1) is 34.2 Å². The highest BCUT2D eigenvalue weighted by molar-refractivity contribution is 5.86. The highest BCUT2D eigenvalue weighted by Gasteiger charge is 2.30. The molecular weight excluding hydrogens is 1230 g/mol. The molecule has 0 bridgehead atoms. The van der Waals surface area contributed by atoms with E-state index in [1.54, 1.807) is 0 Å². The van der Waals surface area contributed by atoms with Crippen molar-refractivity contribution in [1.29, 1.82) is 0 Å². The van der Waals surface area contributed by atoms with Crippen LogP contribution in [0, 0.1) is 159 Å². The molecule has 6 heterocycles. The zero-order valence-corrected chi connectivity index (χ0v) is 64.4. The van der Waals surface area contributed by atoms with Crippen LogP contribution in [0.5, 0.6) is 0 Å². The van der Waals surface area contributed by atoms with Crippen LogP contribution in [0.2, 0.25) is 0 Å². The van der Waals surface area contributed by atoms with Gasteiger partial charge in [-0.25, -0.2) is 0 Å². The van der Waals surface area contributed by atoms with E-state index in [-0.39, 0.29) is 0 Å². The van der Waals surface area contributed by atoms with E-state index in [1.165, 1.54) is 251 Å². The van der Waals surface area contributed by atoms with E-state index in [1.807, 2.05) is 30.9 Å². The van der Waals surface area contributed by atoms with E-state index in [0.717, 1.165) is 49.9 Å². The second-order valence-electron chi connectivity index (χ2n) is 30.2. The van der Waals surface area contributed by atoms with E-state index >= 15 is 0 Å². The summed E-state index contributed by atoms with van der Waals surface area (Å²) >= 11 is 0. The summed E-state index contributed by atoms with van der Waals surface area (Å²) in [5.41, 5.74) is 64.5. The Balaban J connectivity index is 0.000000108. The van der Waals surface area contributed by atoms with Gasteiger partial charge in [-0.05, 0) is 379 Å². The van der Waals surface area contributed by atoms with Crippen molar-refractivity contribution in [2.24, 2.45) is 0 Å². The number of nitrogens with zero attached hydrogens (tertiary/aromatic N) is 6. The zero-order chi connectivity index (χ0) is 72.1. The molecule has 6 aliphatic rings. The molecule has 0 N–H and O–H groups in total. The van der Waals surface area contributed by atoms with Crippen molar-refractivity contribution in [3.63, 3.8) is 0 Å². The fraction of sp³-hybridized carbons (Fsp3) is 0.305. The molecule has 6 aliphatic carbocycles. The summed E-state index contributed by atoms with van der Waals surface area (Å²) in [4.78, 5) is 27.5. The summed E-state index contributed by atoms with van der Waals surface area (Å²) in [6.45, 7) is 50.5. The first-order valence-electron chi connectivity index (χ1n) is 36.4. The summed E-state index contributed by atoms with van der Waals surface area (Å²) in [7, 11) is 0. The predicted molar refractivity (Wildman–Crippen MR) is 424 cm³/mol. The molecule has 0 unspecified atom stereocenters. The van der Waals surface area contributed by atoms with Crippen LogP contribution in [-0.2, 0) is 38.5 Å². The Hall–Kier alpha value is -9.78. The van der Waals surface area contributed by atoms with Gasteiger partial charge < -0.3 is 0 Å². The van der Waals surface area contributed by atoms with Crippen LogP contribution in [0.1, 0.15) is 196 Å². The van der Waals surface area contributed by atoms with Crippen molar-refractivity contribution in [1.82, 2.24) is 29.9 Å². The molecule has 12 aromatic rings. The monoisotopic (exact) mass is 1320 g/mol. The molecule has 6 nitrogen and oxygen atoms in total. The van der Waals surface area contributed by atoms with Gasteiger partial charge in [-0.3, -0.25) is 29.9 Å². The Morgan fingerprint density at radius 1 is 0.228 bits per heavy atom. The van der Waals surface area contributed by atoms with E-state index in [0.29, 0.717) is 0 Å². The van der Waals surface area contributed by atoms with Crippen molar-refractivity contribution < 1.29 is 0 Å². The van der Waals surface area contributed by atoms with Crippen molar-refractivity contribution in [3.8, 4) is 66.8 Å². The summed E-state index contributed by atoms with van der Waals surface area (Å²) in [5, 5.41) is 0. The maximum absolute atomic E-state index is 4.68.